The zero-order chi connectivity index (χ0) is 17.9. The maximum Gasteiger partial charge on any atom is 0.345 e. The molecule has 8 heteroatoms. The number of carbonyl (C=O) groups is 1. The van der Waals surface area contributed by atoms with Crippen LogP contribution in [0.4, 0.5) is 0 Å². The van der Waals surface area contributed by atoms with Crippen LogP contribution < -0.4 is 11.0 Å². The van der Waals surface area contributed by atoms with Gasteiger partial charge in [0.15, 0.2) is 0 Å². The summed E-state index contributed by atoms with van der Waals surface area (Å²) in [6.45, 7) is 3.88. The second-order valence-corrected chi connectivity index (χ2v) is 7.03. The lowest BCUT2D eigenvalue weighted by atomic mass is 10.2. The number of likely N-dealkylation sites (tertiary alicyclic amines) is 1. The smallest absolute Gasteiger partial charge is 0.345 e. The molecule has 1 unspecified atom stereocenters. The van der Waals surface area contributed by atoms with Gasteiger partial charge >= 0.3 is 5.69 Å². The van der Waals surface area contributed by atoms with Crippen molar-refractivity contribution in [1.29, 1.82) is 0 Å². The van der Waals surface area contributed by atoms with Crippen LogP contribution in [0.1, 0.15) is 35.4 Å². The average Bonchev–Trinajstić information content (AvgIpc) is 3.25. The van der Waals surface area contributed by atoms with Crippen LogP contribution in [0.2, 0.25) is 0 Å². The molecule has 138 valence electrons. The Morgan fingerprint density at radius 3 is 3.00 bits per heavy atom. The van der Waals surface area contributed by atoms with Crippen molar-refractivity contribution in [2.24, 2.45) is 0 Å². The van der Waals surface area contributed by atoms with Crippen molar-refractivity contribution in [3.8, 4) is 0 Å². The van der Waals surface area contributed by atoms with Crippen molar-refractivity contribution in [3.05, 3.63) is 46.4 Å². The Hall–Kier alpha value is -2.48. The predicted octanol–water partition coefficient (Wildman–Crippen LogP) is 0.280. The molecule has 2 aliphatic rings. The molecular formula is C18H24N6O2. The first-order chi connectivity index (χ1) is 12.7. The van der Waals surface area contributed by atoms with Gasteiger partial charge in [-0.2, -0.15) is 5.10 Å². The van der Waals surface area contributed by atoms with Gasteiger partial charge in [0.2, 0.25) is 0 Å². The van der Waals surface area contributed by atoms with E-state index in [2.05, 4.69) is 20.3 Å². The molecule has 0 bridgehead atoms. The van der Waals surface area contributed by atoms with Gasteiger partial charge < -0.3 is 5.32 Å². The van der Waals surface area contributed by atoms with Gasteiger partial charge in [0.1, 0.15) is 5.82 Å². The number of nitrogens with zero attached hydrogens (tertiary/aromatic N) is 5. The molecule has 2 aromatic rings. The number of hydrogen-bond acceptors (Lipinski definition) is 5. The Morgan fingerprint density at radius 2 is 2.19 bits per heavy atom. The van der Waals surface area contributed by atoms with Crippen LogP contribution in [-0.4, -0.2) is 55.8 Å². The Kier molecular flexibility index (Phi) is 4.83. The maximum absolute atomic E-state index is 12.4. The number of hydrogen-bond donors (Lipinski definition) is 1. The van der Waals surface area contributed by atoms with E-state index in [1.54, 1.807) is 29.2 Å². The molecule has 0 radical (unpaired) electrons. The quantitative estimate of drug-likeness (QED) is 0.832. The number of nitrogens with one attached hydrogen (secondary N) is 1. The minimum Gasteiger partial charge on any atom is -0.348 e. The lowest BCUT2D eigenvalue weighted by molar-refractivity contribution is 0.0937. The van der Waals surface area contributed by atoms with Gasteiger partial charge in [-0.1, -0.05) is 0 Å². The lowest BCUT2D eigenvalue weighted by Crippen LogP contribution is -2.38. The van der Waals surface area contributed by atoms with E-state index in [1.807, 2.05) is 4.57 Å². The predicted molar refractivity (Wildman–Crippen MR) is 96.0 cm³/mol. The largest absolute Gasteiger partial charge is 0.348 e. The zero-order valence-corrected chi connectivity index (χ0v) is 14.8. The molecule has 26 heavy (non-hydrogen) atoms. The highest BCUT2D eigenvalue weighted by Gasteiger charge is 2.25. The summed E-state index contributed by atoms with van der Waals surface area (Å²) in [5, 5.41) is 7.55. The van der Waals surface area contributed by atoms with E-state index in [1.165, 1.54) is 0 Å². The second-order valence-electron chi connectivity index (χ2n) is 7.03. The fourth-order valence-corrected chi connectivity index (χ4v) is 3.75. The van der Waals surface area contributed by atoms with Crippen molar-refractivity contribution in [2.75, 3.05) is 19.6 Å². The zero-order valence-electron chi connectivity index (χ0n) is 14.8. The van der Waals surface area contributed by atoms with Crippen LogP contribution in [0.3, 0.4) is 0 Å². The first kappa shape index (κ1) is 17.0. The molecule has 0 aromatic carbocycles. The van der Waals surface area contributed by atoms with E-state index in [0.29, 0.717) is 12.1 Å². The topological polar surface area (TPSA) is 85.0 Å². The molecule has 0 spiro atoms. The fourth-order valence-electron chi connectivity index (χ4n) is 3.75. The van der Waals surface area contributed by atoms with E-state index < -0.39 is 0 Å². The van der Waals surface area contributed by atoms with Crippen molar-refractivity contribution in [3.63, 3.8) is 0 Å². The van der Waals surface area contributed by atoms with Crippen LogP contribution in [-0.2, 0) is 19.5 Å². The van der Waals surface area contributed by atoms with Crippen molar-refractivity contribution >= 4 is 5.91 Å². The van der Waals surface area contributed by atoms with Crippen LogP contribution in [0, 0.1) is 0 Å². The molecule has 0 aliphatic carbocycles. The fraction of sp³-hybridized carbons (Fsp3) is 0.556. The molecule has 1 fully saturated rings. The van der Waals surface area contributed by atoms with E-state index >= 15 is 0 Å². The summed E-state index contributed by atoms with van der Waals surface area (Å²) in [5.41, 5.74) is 0.599. The number of rotatable bonds is 5. The van der Waals surface area contributed by atoms with Gasteiger partial charge in [-0.15, -0.1) is 0 Å². The highest BCUT2D eigenvalue weighted by molar-refractivity contribution is 5.94. The Balaban J connectivity index is 1.29. The number of amides is 1. The number of aryl methyl sites for hydroxylation is 1. The summed E-state index contributed by atoms with van der Waals surface area (Å²) in [7, 11) is 0. The third kappa shape index (κ3) is 3.55. The maximum atomic E-state index is 12.4. The lowest BCUT2D eigenvalue weighted by Gasteiger charge is -2.16. The summed E-state index contributed by atoms with van der Waals surface area (Å²) in [5.74, 6) is 0.840. The van der Waals surface area contributed by atoms with Gasteiger partial charge in [-0.25, -0.2) is 9.48 Å². The number of aromatic nitrogens is 4. The van der Waals surface area contributed by atoms with E-state index in [9.17, 15) is 9.59 Å². The molecular weight excluding hydrogens is 332 g/mol. The van der Waals surface area contributed by atoms with Gasteiger partial charge in [-0.3, -0.25) is 19.2 Å². The minimum absolute atomic E-state index is 0.0142. The van der Waals surface area contributed by atoms with Gasteiger partial charge in [-0.05, 0) is 31.4 Å². The Labute approximate surface area is 151 Å². The first-order valence-corrected chi connectivity index (χ1v) is 9.30. The van der Waals surface area contributed by atoms with Crippen LogP contribution in [0.25, 0.3) is 0 Å². The third-order valence-corrected chi connectivity index (χ3v) is 5.19. The van der Waals surface area contributed by atoms with Crippen LogP contribution in [0.5, 0.6) is 0 Å². The Morgan fingerprint density at radius 1 is 1.27 bits per heavy atom. The Bertz CT molecular complexity index is 828. The summed E-state index contributed by atoms with van der Waals surface area (Å²) in [6.07, 6.45) is 7.22. The normalized spacial score (nSPS) is 20.1. The van der Waals surface area contributed by atoms with Crippen LogP contribution >= 0.6 is 0 Å². The summed E-state index contributed by atoms with van der Waals surface area (Å²) in [4.78, 5) is 30.8. The number of carbonyl (C=O) groups excluding carboxylic acids is 1. The van der Waals surface area contributed by atoms with Crippen LogP contribution in [0.15, 0.2) is 29.3 Å². The van der Waals surface area contributed by atoms with E-state index in [4.69, 9.17) is 0 Å². The molecule has 1 saturated heterocycles. The molecule has 4 rings (SSSR count). The molecule has 1 amide bonds. The van der Waals surface area contributed by atoms with Crippen molar-refractivity contribution in [2.45, 2.75) is 44.8 Å². The monoisotopic (exact) mass is 356 g/mol. The molecule has 2 aromatic heterocycles. The average molecular weight is 356 g/mol. The van der Waals surface area contributed by atoms with Gasteiger partial charge in [0, 0.05) is 51.0 Å². The standard InChI is InChI=1S/C18H24N6O2/c25-17(14-4-3-7-19-12-14)20-15-6-9-22(13-15)10-11-24-18(26)23-8-2-1-5-16(23)21-24/h3-4,7,12,15H,1-2,5-6,8-11,13H2,(H,20,25). The highest BCUT2D eigenvalue weighted by atomic mass is 16.2. The van der Waals surface area contributed by atoms with Gasteiger partial charge in [0.05, 0.1) is 12.1 Å². The number of pyridine rings is 1. The summed E-state index contributed by atoms with van der Waals surface area (Å²) in [6, 6.07) is 3.66. The minimum atomic E-state index is -0.0806. The number of fused-ring (bicyclic) bond motifs is 1. The van der Waals surface area contributed by atoms with E-state index in [0.717, 1.165) is 57.7 Å². The van der Waals surface area contributed by atoms with Gasteiger partial charge in [0.25, 0.3) is 5.91 Å². The summed E-state index contributed by atoms with van der Waals surface area (Å²) < 4.78 is 3.41. The van der Waals surface area contributed by atoms with E-state index in [-0.39, 0.29) is 17.6 Å². The van der Waals surface area contributed by atoms with Crippen molar-refractivity contribution < 1.29 is 4.79 Å². The SMILES string of the molecule is O=C(NC1CCN(CCn2nc3n(c2=O)CCCC3)C1)c1cccnc1. The van der Waals surface area contributed by atoms with Crippen molar-refractivity contribution in [1.82, 2.24) is 29.5 Å². The molecule has 8 nitrogen and oxygen atoms in total. The molecule has 1 N–H and O–H groups in total. The first-order valence-electron chi connectivity index (χ1n) is 9.30. The summed E-state index contributed by atoms with van der Waals surface area (Å²) >= 11 is 0. The third-order valence-electron chi connectivity index (χ3n) is 5.19. The molecule has 4 heterocycles. The molecule has 2 aliphatic heterocycles. The molecule has 0 saturated carbocycles. The highest BCUT2D eigenvalue weighted by Crippen LogP contribution is 2.11. The molecule has 1 atom stereocenters. The second kappa shape index (κ2) is 7.41.